The van der Waals surface area contributed by atoms with E-state index in [1.807, 2.05) is 42.8 Å². The van der Waals surface area contributed by atoms with Gasteiger partial charge in [0.05, 0.1) is 17.3 Å². The number of hydrogen-bond donors (Lipinski definition) is 1. The van der Waals surface area contributed by atoms with Gasteiger partial charge in [-0.05, 0) is 18.1 Å². The molecule has 2 atom stereocenters. The molecular formula is C18H18ClN3O2S. The van der Waals surface area contributed by atoms with Crippen LogP contribution in [0, 0.1) is 11.8 Å². The lowest BCUT2D eigenvalue weighted by Crippen LogP contribution is -2.23. The molecule has 0 amide bonds. The Bertz CT molecular complexity index is 918. The van der Waals surface area contributed by atoms with Crippen LogP contribution in [0.25, 0.3) is 16.2 Å². The first-order valence-electron chi connectivity index (χ1n) is 8.18. The first-order valence-corrected chi connectivity index (χ1v) is 9.44. The van der Waals surface area contributed by atoms with Crippen molar-refractivity contribution >= 4 is 33.9 Å². The Hall–Kier alpha value is -1.89. The number of carbonyl (C=O) groups is 1. The van der Waals surface area contributed by atoms with Crippen molar-refractivity contribution in [2.45, 2.75) is 13.5 Å². The van der Waals surface area contributed by atoms with Crippen LogP contribution in [0.5, 0.6) is 0 Å². The number of carboxylic acid groups (broad SMARTS) is 1. The Labute approximate surface area is 154 Å². The van der Waals surface area contributed by atoms with Crippen molar-refractivity contribution < 1.29 is 9.90 Å². The molecule has 1 fully saturated rings. The number of hydrogen-bond acceptors (Lipinski definition) is 4. The van der Waals surface area contributed by atoms with Crippen LogP contribution in [0.2, 0.25) is 5.02 Å². The summed E-state index contributed by atoms with van der Waals surface area (Å²) in [4.78, 5) is 19.3. The van der Waals surface area contributed by atoms with Crippen molar-refractivity contribution in [2.24, 2.45) is 11.8 Å². The molecule has 0 radical (unpaired) electrons. The summed E-state index contributed by atoms with van der Waals surface area (Å²) in [6.45, 7) is 4.06. The van der Waals surface area contributed by atoms with Crippen LogP contribution in [0.3, 0.4) is 0 Å². The molecule has 2 aromatic heterocycles. The highest BCUT2D eigenvalue weighted by molar-refractivity contribution is 7.15. The van der Waals surface area contributed by atoms with E-state index in [9.17, 15) is 9.90 Å². The highest BCUT2D eigenvalue weighted by Crippen LogP contribution is 2.31. The largest absolute Gasteiger partial charge is 0.481 e. The van der Waals surface area contributed by atoms with Crippen molar-refractivity contribution in [3.63, 3.8) is 0 Å². The van der Waals surface area contributed by atoms with Gasteiger partial charge in [0.15, 0.2) is 4.96 Å². The predicted molar refractivity (Wildman–Crippen MR) is 99.1 cm³/mol. The molecule has 25 heavy (non-hydrogen) atoms. The number of fused-ring (bicyclic) bond motifs is 1. The lowest BCUT2D eigenvalue weighted by molar-refractivity contribution is -0.142. The minimum absolute atomic E-state index is 0.155. The van der Waals surface area contributed by atoms with Gasteiger partial charge in [0.1, 0.15) is 0 Å². The fraction of sp³-hybridized carbons (Fsp3) is 0.333. The number of likely N-dealkylation sites (tertiary alicyclic amines) is 1. The number of aromatic nitrogens is 2. The molecule has 5 nitrogen and oxygen atoms in total. The van der Waals surface area contributed by atoms with Gasteiger partial charge in [-0.25, -0.2) is 4.98 Å². The monoisotopic (exact) mass is 375 g/mol. The SMILES string of the molecule is C[C@@H]1CN(Cc2c(-c3ccc(Cl)cc3)nc3sccn23)C[C@H]1C(=O)O. The Kier molecular flexibility index (Phi) is 4.27. The smallest absolute Gasteiger partial charge is 0.308 e. The van der Waals surface area contributed by atoms with Gasteiger partial charge < -0.3 is 5.11 Å². The first kappa shape index (κ1) is 16.6. The van der Waals surface area contributed by atoms with Crippen LogP contribution < -0.4 is 0 Å². The summed E-state index contributed by atoms with van der Waals surface area (Å²) in [5.41, 5.74) is 3.06. The Morgan fingerprint density at radius 3 is 2.80 bits per heavy atom. The normalized spacial score (nSPS) is 21.2. The van der Waals surface area contributed by atoms with Gasteiger partial charge in [0.25, 0.3) is 0 Å². The van der Waals surface area contributed by atoms with Gasteiger partial charge in [-0.15, -0.1) is 11.3 Å². The molecule has 130 valence electrons. The third-order valence-electron chi connectivity index (χ3n) is 4.86. The molecule has 0 spiro atoms. The Morgan fingerprint density at radius 1 is 1.36 bits per heavy atom. The summed E-state index contributed by atoms with van der Waals surface area (Å²) in [6, 6.07) is 7.69. The molecule has 1 aromatic carbocycles. The molecule has 1 N–H and O–H groups in total. The average molecular weight is 376 g/mol. The van der Waals surface area contributed by atoms with Crippen LogP contribution >= 0.6 is 22.9 Å². The molecule has 0 aliphatic carbocycles. The van der Waals surface area contributed by atoms with E-state index in [0.29, 0.717) is 18.1 Å². The summed E-state index contributed by atoms with van der Waals surface area (Å²) >= 11 is 7.61. The summed E-state index contributed by atoms with van der Waals surface area (Å²) in [5, 5.41) is 12.1. The molecule has 7 heteroatoms. The Morgan fingerprint density at radius 2 is 2.12 bits per heavy atom. The second-order valence-electron chi connectivity index (χ2n) is 6.59. The van der Waals surface area contributed by atoms with E-state index >= 15 is 0 Å². The molecule has 1 aliphatic rings. The molecule has 1 aliphatic heterocycles. The predicted octanol–water partition coefficient (Wildman–Crippen LogP) is 3.87. The molecule has 0 saturated carbocycles. The van der Waals surface area contributed by atoms with E-state index in [0.717, 1.165) is 28.5 Å². The highest BCUT2D eigenvalue weighted by atomic mass is 35.5. The van der Waals surface area contributed by atoms with E-state index in [1.54, 1.807) is 11.3 Å². The zero-order valence-corrected chi connectivity index (χ0v) is 15.3. The average Bonchev–Trinajstić information content (AvgIpc) is 3.24. The van der Waals surface area contributed by atoms with Gasteiger partial charge in [-0.2, -0.15) is 0 Å². The van der Waals surface area contributed by atoms with E-state index in [1.165, 1.54) is 0 Å². The molecule has 3 aromatic rings. The summed E-state index contributed by atoms with van der Waals surface area (Å²) in [5.74, 6) is -0.853. The van der Waals surface area contributed by atoms with Gasteiger partial charge >= 0.3 is 5.97 Å². The van der Waals surface area contributed by atoms with Gasteiger partial charge in [0.2, 0.25) is 0 Å². The molecule has 4 rings (SSSR count). The molecule has 0 bridgehead atoms. The fourth-order valence-corrected chi connectivity index (χ4v) is 4.41. The number of rotatable bonds is 4. The zero-order chi connectivity index (χ0) is 17.6. The van der Waals surface area contributed by atoms with E-state index < -0.39 is 5.97 Å². The van der Waals surface area contributed by atoms with E-state index in [2.05, 4.69) is 9.30 Å². The van der Waals surface area contributed by atoms with E-state index in [-0.39, 0.29) is 11.8 Å². The number of imidazole rings is 1. The van der Waals surface area contributed by atoms with Crippen molar-refractivity contribution in [1.82, 2.24) is 14.3 Å². The van der Waals surface area contributed by atoms with Crippen molar-refractivity contribution in [3.8, 4) is 11.3 Å². The first-order chi connectivity index (χ1) is 12.0. The molecule has 0 unspecified atom stereocenters. The number of thiazole rings is 1. The quantitative estimate of drug-likeness (QED) is 0.752. The van der Waals surface area contributed by atoms with Crippen LogP contribution in [0.15, 0.2) is 35.8 Å². The number of benzene rings is 1. The summed E-state index contributed by atoms with van der Waals surface area (Å²) < 4.78 is 2.10. The van der Waals surface area contributed by atoms with Crippen LogP contribution in [0.4, 0.5) is 0 Å². The standard InChI is InChI=1S/C18H18ClN3O2S/c1-11-8-21(9-14(11)17(23)24)10-15-16(12-2-4-13(19)5-3-12)20-18-22(15)6-7-25-18/h2-7,11,14H,8-10H2,1H3,(H,23,24)/t11-,14-/m1/s1. The number of nitrogens with zero attached hydrogens (tertiary/aromatic N) is 3. The second-order valence-corrected chi connectivity index (χ2v) is 7.90. The fourth-order valence-electron chi connectivity index (χ4n) is 3.55. The second kappa shape index (κ2) is 6.44. The van der Waals surface area contributed by atoms with Crippen LogP contribution in [-0.2, 0) is 11.3 Å². The highest BCUT2D eigenvalue weighted by Gasteiger charge is 2.35. The summed E-state index contributed by atoms with van der Waals surface area (Å²) in [6.07, 6.45) is 2.02. The number of halogens is 1. The lowest BCUT2D eigenvalue weighted by atomic mass is 9.99. The van der Waals surface area contributed by atoms with Crippen LogP contribution in [-0.4, -0.2) is 38.4 Å². The van der Waals surface area contributed by atoms with Crippen LogP contribution in [0.1, 0.15) is 12.6 Å². The van der Waals surface area contributed by atoms with E-state index in [4.69, 9.17) is 16.6 Å². The van der Waals surface area contributed by atoms with Gasteiger partial charge in [-0.3, -0.25) is 14.1 Å². The Balaban J connectivity index is 1.69. The third-order valence-corrected chi connectivity index (χ3v) is 5.87. The maximum Gasteiger partial charge on any atom is 0.308 e. The van der Waals surface area contributed by atoms with Gasteiger partial charge in [-0.1, -0.05) is 30.7 Å². The number of carboxylic acids is 1. The topological polar surface area (TPSA) is 57.8 Å². The third kappa shape index (κ3) is 3.05. The number of aliphatic carboxylic acids is 1. The maximum absolute atomic E-state index is 11.4. The van der Waals surface area contributed by atoms with Crippen molar-refractivity contribution in [3.05, 3.63) is 46.6 Å². The summed E-state index contributed by atoms with van der Waals surface area (Å²) in [7, 11) is 0. The minimum Gasteiger partial charge on any atom is -0.481 e. The molecular weight excluding hydrogens is 358 g/mol. The molecule has 3 heterocycles. The minimum atomic E-state index is -0.707. The van der Waals surface area contributed by atoms with Crippen molar-refractivity contribution in [2.75, 3.05) is 13.1 Å². The zero-order valence-electron chi connectivity index (χ0n) is 13.7. The van der Waals surface area contributed by atoms with Gasteiger partial charge in [0, 0.05) is 41.8 Å². The molecule has 1 saturated heterocycles. The lowest BCUT2D eigenvalue weighted by Gasteiger charge is -2.16. The maximum atomic E-state index is 11.4. The van der Waals surface area contributed by atoms with Crippen molar-refractivity contribution in [1.29, 1.82) is 0 Å².